The van der Waals surface area contributed by atoms with Gasteiger partial charge < -0.3 is 0 Å². The lowest BCUT2D eigenvalue weighted by molar-refractivity contribution is -0.216. The predicted molar refractivity (Wildman–Crippen MR) is 129 cm³/mol. The molecule has 0 aliphatic heterocycles. The summed E-state index contributed by atoms with van der Waals surface area (Å²) in [6, 6.07) is 0. The fourth-order valence-electron chi connectivity index (χ4n) is 11.7. The Morgan fingerprint density at radius 2 is 1.23 bits per heavy atom. The molecule has 0 aromatic carbocycles. The quantitative estimate of drug-likeness (QED) is 0.424. The van der Waals surface area contributed by atoms with Crippen molar-refractivity contribution in [2.75, 3.05) is 0 Å². The third kappa shape index (κ3) is 2.58. The van der Waals surface area contributed by atoms with Crippen molar-refractivity contribution in [3.63, 3.8) is 0 Å². The van der Waals surface area contributed by atoms with Gasteiger partial charge in [-0.3, -0.25) is 0 Å². The molecule has 30 heavy (non-hydrogen) atoms. The topological polar surface area (TPSA) is 0 Å². The molecule has 0 saturated heterocycles. The summed E-state index contributed by atoms with van der Waals surface area (Å²) in [5.41, 5.74) is 2.45. The van der Waals surface area contributed by atoms with E-state index in [1.807, 2.05) is 0 Å². The Labute approximate surface area is 188 Å². The molecule has 0 aromatic heterocycles. The summed E-state index contributed by atoms with van der Waals surface area (Å²) in [5, 5.41) is 0. The minimum atomic E-state index is 0.582. The molecule has 0 nitrogen and oxygen atoms in total. The second-order valence-electron chi connectivity index (χ2n) is 14.8. The van der Waals surface area contributed by atoms with Gasteiger partial charge in [0.2, 0.25) is 0 Å². The SMILES string of the molecule is CC(C)[C@H]1CC[C@]2(C)[C@H]3CC[C@@H]4[C@H]5[C@H](C(C)C)CC[C@]5(C)CC[C@@]4(C)[C@]3(C)CC[C@@H]12. The molecule has 5 fully saturated rings. The minimum Gasteiger partial charge on any atom is -0.0625 e. The summed E-state index contributed by atoms with van der Waals surface area (Å²) < 4.78 is 0. The van der Waals surface area contributed by atoms with Gasteiger partial charge in [0.15, 0.2) is 0 Å². The van der Waals surface area contributed by atoms with Gasteiger partial charge in [-0.2, -0.15) is 0 Å². The lowest BCUT2D eigenvalue weighted by Gasteiger charge is -2.70. The van der Waals surface area contributed by atoms with E-state index >= 15 is 0 Å². The van der Waals surface area contributed by atoms with Crippen LogP contribution < -0.4 is 0 Å². The molecule has 5 aliphatic rings. The molecule has 0 amide bonds. The lowest BCUT2D eigenvalue weighted by atomic mass is 9.34. The highest BCUT2D eigenvalue weighted by Crippen LogP contribution is 2.77. The molecule has 0 N–H and O–H groups in total. The van der Waals surface area contributed by atoms with Gasteiger partial charge in [-0.25, -0.2) is 0 Å². The highest BCUT2D eigenvalue weighted by molar-refractivity contribution is 5.18. The summed E-state index contributed by atoms with van der Waals surface area (Å²) in [6.45, 7) is 21.2. The number of fused-ring (bicyclic) bond motifs is 7. The van der Waals surface area contributed by atoms with Crippen LogP contribution >= 0.6 is 0 Å². The molecule has 5 aliphatic carbocycles. The smallest absolute Gasteiger partial charge is 0.0235 e. The van der Waals surface area contributed by atoms with Crippen LogP contribution in [0.3, 0.4) is 0 Å². The van der Waals surface area contributed by atoms with E-state index in [1.165, 1.54) is 51.4 Å². The predicted octanol–water partition coefficient (Wildman–Crippen LogP) is 8.99. The normalized spacial score (nSPS) is 57.8. The van der Waals surface area contributed by atoms with E-state index in [2.05, 4.69) is 55.4 Å². The zero-order valence-corrected chi connectivity index (χ0v) is 21.7. The fourth-order valence-corrected chi connectivity index (χ4v) is 11.7. The molecule has 0 aromatic rings. The molecule has 0 unspecified atom stereocenters. The van der Waals surface area contributed by atoms with Gasteiger partial charge in [0.05, 0.1) is 0 Å². The second kappa shape index (κ2) is 6.76. The van der Waals surface area contributed by atoms with Gasteiger partial charge in [-0.1, -0.05) is 55.4 Å². The van der Waals surface area contributed by atoms with Gasteiger partial charge in [0, 0.05) is 0 Å². The number of rotatable bonds is 2. The maximum Gasteiger partial charge on any atom is -0.0235 e. The zero-order valence-electron chi connectivity index (χ0n) is 21.7. The Bertz CT molecular complexity index is 676. The third-order valence-electron chi connectivity index (χ3n) is 13.5. The molecule has 0 heteroatoms. The summed E-state index contributed by atoms with van der Waals surface area (Å²) in [6.07, 6.45) is 15.3. The van der Waals surface area contributed by atoms with Crippen molar-refractivity contribution in [3.05, 3.63) is 0 Å². The Kier molecular flexibility index (Phi) is 4.92. The molecule has 0 radical (unpaired) electrons. The van der Waals surface area contributed by atoms with Crippen molar-refractivity contribution >= 4 is 0 Å². The summed E-state index contributed by atoms with van der Waals surface area (Å²) >= 11 is 0. The Morgan fingerprint density at radius 3 is 1.90 bits per heavy atom. The van der Waals surface area contributed by atoms with Crippen molar-refractivity contribution in [3.8, 4) is 0 Å². The monoisotopic (exact) mass is 412 g/mol. The summed E-state index contributed by atoms with van der Waals surface area (Å²) in [5.74, 6) is 7.75. The molecule has 172 valence electrons. The highest BCUT2D eigenvalue weighted by atomic mass is 14.7. The summed E-state index contributed by atoms with van der Waals surface area (Å²) in [4.78, 5) is 0. The molecular formula is C30H52. The molecule has 5 rings (SSSR count). The van der Waals surface area contributed by atoms with Crippen molar-refractivity contribution in [2.24, 2.45) is 69.0 Å². The maximum atomic E-state index is 2.82. The van der Waals surface area contributed by atoms with E-state index in [-0.39, 0.29) is 0 Å². The average molecular weight is 413 g/mol. The molecule has 10 atom stereocenters. The van der Waals surface area contributed by atoms with E-state index in [9.17, 15) is 0 Å². The van der Waals surface area contributed by atoms with Crippen LogP contribution in [0, 0.1) is 69.0 Å². The number of hydrogen-bond donors (Lipinski definition) is 0. The second-order valence-corrected chi connectivity index (χ2v) is 14.8. The first-order valence-corrected chi connectivity index (χ1v) is 14.0. The van der Waals surface area contributed by atoms with Crippen LogP contribution in [0.5, 0.6) is 0 Å². The fraction of sp³-hybridized carbons (Fsp3) is 1.00. The van der Waals surface area contributed by atoms with Crippen molar-refractivity contribution < 1.29 is 0 Å². The third-order valence-corrected chi connectivity index (χ3v) is 13.5. The van der Waals surface area contributed by atoms with E-state index in [0.29, 0.717) is 21.7 Å². The summed E-state index contributed by atoms with van der Waals surface area (Å²) in [7, 11) is 0. The lowest BCUT2D eigenvalue weighted by Crippen LogP contribution is -2.63. The number of hydrogen-bond acceptors (Lipinski definition) is 0. The first-order valence-electron chi connectivity index (χ1n) is 14.0. The molecule has 0 heterocycles. The van der Waals surface area contributed by atoms with E-state index in [0.717, 1.165) is 47.3 Å². The largest absolute Gasteiger partial charge is 0.0625 e. The Hall–Kier alpha value is 0. The molecule has 5 saturated carbocycles. The van der Waals surface area contributed by atoms with Crippen LogP contribution in [0.15, 0.2) is 0 Å². The first kappa shape index (κ1) is 21.8. The standard InChI is InChI=1S/C30H52/c1-19(2)21-12-15-28(6)23(21)13-16-30(8)25(28)10-9-24-26-22(20(3)4)11-14-27(26,5)17-18-29(24,30)7/h19-26H,9-18H2,1-8H3/t21-,22+,23+,24-,25-,26-,27-,28+,29-,30-/m1/s1. The molecule has 0 spiro atoms. The van der Waals surface area contributed by atoms with Crippen LogP contribution in [0.25, 0.3) is 0 Å². The van der Waals surface area contributed by atoms with Gasteiger partial charge in [-0.15, -0.1) is 0 Å². The van der Waals surface area contributed by atoms with E-state index in [4.69, 9.17) is 0 Å². The van der Waals surface area contributed by atoms with E-state index < -0.39 is 0 Å². The van der Waals surface area contributed by atoms with Crippen LogP contribution in [-0.4, -0.2) is 0 Å². The Morgan fingerprint density at radius 1 is 0.567 bits per heavy atom. The van der Waals surface area contributed by atoms with Crippen LogP contribution in [0.1, 0.15) is 120 Å². The van der Waals surface area contributed by atoms with Crippen LogP contribution in [-0.2, 0) is 0 Å². The zero-order chi connectivity index (χ0) is 21.7. The van der Waals surface area contributed by atoms with Gasteiger partial charge in [0.1, 0.15) is 0 Å². The minimum absolute atomic E-state index is 0.582. The molecule has 0 bridgehead atoms. The molecular weight excluding hydrogens is 360 g/mol. The highest BCUT2D eigenvalue weighted by Gasteiger charge is 2.69. The average Bonchev–Trinajstić information content (AvgIpc) is 3.20. The van der Waals surface area contributed by atoms with Crippen molar-refractivity contribution in [1.82, 2.24) is 0 Å². The van der Waals surface area contributed by atoms with Gasteiger partial charge in [0.25, 0.3) is 0 Å². The van der Waals surface area contributed by atoms with Crippen molar-refractivity contribution in [1.29, 1.82) is 0 Å². The maximum absolute atomic E-state index is 2.82. The van der Waals surface area contributed by atoms with Crippen LogP contribution in [0.2, 0.25) is 0 Å². The van der Waals surface area contributed by atoms with E-state index in [1.54, 1.807) is 12.8 Å². The first-order chi connectivity index (χ1) is 14.0. The van der Waals surface area contributed by atoms with Crippen molar-refractivity contribution in [2.45, 2.75) is 120 Å². The van der Waals surface area contributed by atoms with Gasteiger partial charge in [-0.05, 0) is 133 Å². The van der Waals surface area contributed by atoms with Gasteiger partial charge >= 0.3 is 0 Å². The Balaban J connectivity index is 1.51. The van der Waals surface area contributed by atoms with Crippen LogP contribution in [0.4, 0.5) is 0 Å².